The first-order valence-electron chi connectivity index (χ1n) is 13.1. The molecule has 2 amide bonds. The van der Waals surface area contributed by atoms with Gasteiger partial charge in [0.15, 0.2) is 0 Å². The molecule has 1 saturated heterocycles. The smallest absolute Gasteiger partial charge is 0.318 e. The van der Waals surface area contributed by atoms with E-state index in [0.717, 1.165) is 11.1 Å². The predicted molar refractivity (Wildman–Crippen MR) is 154 cm³/mol. The number of carbonyl (C=O) groups excluding carboxylic acids is 2. The Bertz CT molecular complexity index is 1340. The Morgan fingerprint density at radius 1 is 0.897 bits per heavy atom. The zero-order valence-corrected chi connectivity index (χ0v) is 22.9. The number of carbonyl (C=O) groups is 3. The number of nitrogens with zero attached hydrogens (tertiary/aromatic N) is 1. The number of nitrogens with one attached hydrogen (secondary N) is 1. The minimum Gasteiger partial charge on any atom is -0.496 e. The third-order valence-corrected chi connectivity index (χ3v) is 8.03. The molecular formula is C31H34N2O5S. The summed E-state index contributed by atoms with van der Waals surface area (Å²) in [6, 6.07) is 23.9. The molecule has 3 aromatic carbocycles. The number of amides is 2. The summed E-state index contributed by atoms with van der Waals surface area (Å²) in [5, 5.41) is 13.5. The number of hydrogen-bond donors (Lipinski definition) is 2. The van der Waals surface area contributed by atoms with Crippen LogP contribution in [0.4, 0.5) is 0 Å². The van der Waals surface area contributed by atoms with Crippen molar-refractivity contribution in [2.75, 3.05) is 20.2 Å². The number of benzene rings is 3. The van der Waals surface area contributed by atoms with Crippen molar-refractivity contribution in [3.05, 3.63) is 101 Å². The second-order valence-corrected chi connectivity index (χ2v) is 10.0. The molecular weight excluding hydrogens is 512 g/mol. The van der Waals surface area contributed by atoms with E-state index in [2.05, 4.69) is 5.32 Å². The molecule has 1 aliphatic carbocycles. The van der Waals surface area contributed by atoms with Gasteiger partial charge in [-0.1, -0.05) is 66.7 Å². The number of aliphatic carboxylic acids is 1. The lowest BCUT2D eigenvalue weighted by molar-refractivity contribution is -0.144. The van der Waals surface area contributed by atoms with Crippen LogP contribution in [0.3, 0.4) is 0 Å². The van der Waals surface area contributed by atoms with E-state index in [1.807, 2.05) is 65.6 Å². The van der Waals surface area contributed by atoms with Crippen molar-refractivity contribution in [2.45, 2.75) is 43.1 Å². The molecule has 2 aliphatic rings. The maximum atomic E-state index is 13.7. The molecule has 8 heteroatoms. The fourth-order valence-corrected chi connectivity index (χ4v) is 6.03. The normalized spacial score (nSPS) is 20.7. The highest BCUT2D eigenvalue weighted by molar-refractivity contribution is 7.59. The maximum absolute atomic E-state index is 13.7. The van der Waals surface area contributed by atoms with Crippen LogP contribution < -0.4 is 10.1 Å². The van der Waals surface area contributed by atoms with Gasteiger partial charge in [0.25, 0.3) is 5.91 Å². The predicted octanol–water partition coefficient (Wildman–Crippen LogP) is 4.48. The monoisotopic (exact) mass is 546 g/mol. The van der Waals surface area contributed by atoms with Crippen molar-refractivity contribution >= 4 is 31.3 Å². The summed E-state index contributed by atoms with van der Waals surface area (Å²) in [5.74, 6) is -0.907. The molecule has 2 atom stereocenters. The van der Waals surface area contributed by atoms with Gasteiger partial charge >= 0.3 is 5.97 Å². The number of likely N-dealkylation sites (tertiary alicyclic amines) is 1. The fraction of sp³-hybridized carbons (Fsp3) is 0.323. The molecule has 5 rings (SSSR count). The van der Waals surface area contributed by atoms with Crippen LogP contribution >= 0.6 is 13.5 Å². The quantitative estimate of drug-likeness (QED) is 0.476. The molecule has 0 spiro atoms. The number of ether oxygens (including phenoxy) is 1. The maximum Gasteiger partial charge on any atom is 0.318 e. The molecule has 204 valence electrons. The van der Waals surface area contributed by atoms with Gasteiger partial charge in [0.05, 0.1) is 18.6 Å². The van der Waals surface area contributed by atoms with Gasteiger partial charge in [0, 0.05) is 19.1 Å². The Hall–Kier alpha value is -3.78. The van der Waals surface area contributed by atoms with Crippen molar-refractivity contribution in [1.29, 1.82) is 0 Å². The molecule has 0 saturated carbocycles. The number of methoxy groups -OCH3 is 1. The number of fused-ring (bicyclic) bond motifs is 1. The van der Waals surface area contributed by atoms with Gasteiger partial charge in [-0.15, -0.1) is 0 Å². The van der Waals surface area contributed by atoms with E-state index in [9.17, 15) is 19.5 Å². The number of carboxylic acid groups (broad SMARTS) is 1. The van der Waals surface area contributed by atoms with Crippen LogP contribution in [0.15, 0.2) is 78.9 Å². The molecule has 7 nitrogen and oxygen atoms in total. The van der Waals surface area contributed by atoms with Gasteiger partial charge in [0.1, 0.15) is 11.2 Å². The lowest BCUT2D eigenvalue weighted by Gasteiger charge is -2.41. The third-order valence-electron chi connectivity index (χ3n) is 8.03. The lowest BCUT2D eigenvalue weighted by Crippen LogP contribution is -2.49. The highest BCUT2D eigenvalue weighted by atomic mass is 32.1. The van der Waals surface area contributed by atoms with E-state index in [4.69, 9.17) is 4.74 Å². The number of carboxylic acids is 1. The summed E-state index contributed by atoms with van der Waals surface area (Å²) in [7, 11) is 1.54. The van der Waals surface area contributed by atoms with Gasteiger partial charge in [-0.05, 0) is 54.5 Å². The fourth-order valence-electron chi connectivity index (χ4n) is 6.03. The summed E-state index contributed by atoms with van der Waals surface area (Å²) >= 11 is 0. The Labute approximate surface area is 235 Å². The number of hydrogen-bond acceptors (Lipinski definition) is 4. The summed E-state index contributed by atoms with van der Waals surface area (Å²) in [4.78, 5) is 41.2. The Morgan fingerprint density at radius 3 is 2.23 bits per heavy atom. The minimum atomic E-state index is -1.18. The summed E-state index contributed by atoms with van der Waals surface area (Å²) in [6.07, 6.45) is 2.13. The van der Waals surface area contributed by atoms with Crippen molar-refractivity contribution in [1.82, 2.24) is 10.2 Å². The van der Waals surface area contributed by atoms with Gasteiger partial charge in [-0.2, -0.15) is 13.5 Å². The Balaban J connectivity index is 0.00000353. The van der Waals surface area contributed by atoms with E-state index in [0.29, 0.717) is 55.6 Å². The molecule has 2 N–H and O–H groups in total. The van der Waals surface area contributed by atoms with E-state index in [1.165, 1.54) is 0 Å². The summed E-state index contributed by atoms with van der Waals surface area (Å²) in [6.45, 7) is 1.08. The highest BCUT2D eigenvalue weighted by Crippen LogP contribution is 2.47. The van der Waals surface area contributed by atoms with Gasteiger partial charge < -0.3 is 20.1 Å². The topological polar surface area (TPSA) is 95.9 Å². The van der Waals surface area contributed by atoms with Crippen LogP contribution in [-0.2, 0) is 15.0 Å². The van der Waals surface area contributed by atoms with Crippen LogP contribution in [0.25, 0.3) is 0 Å². The van der Waals surface area contributed by atoms with Crippen LogP contribution in [0, 0.1) is 0 Å². The largest absolute Gasteiger partial charge is 0.496 e. The molecule has 1 fully saturated rings. The highest BCUT2D eigenvalue weighted by Gasteiger charge is 2.49. The zero-order valence-electron chi connectivity index (χ0n) is 21.9. The molecule has 1 aliphatic heterocycles. The molecule has 0 unspecified atom stereocenters. The SMILES string of the molecule is COc1ccccc1C(=O)NC1CCN(C(=O)[C@H]2CC[C@@](C(=O)O)(c3ccccc3)c3ccccc32)CC1.S. The Kier molecular flexibility index (Phi) is 8.65. The average molecular weight is 547 g/mol. The van der Waals surface area contributed by atoms with Crippen LogP contribution in [-0.4, -0.2) is 54.0 Å². The summed E-state index contributed by atoms with van der Waals surface area (Å²) < 4.78 is 5.31. The van der Waals surface area contributed by atoms with Crippen molar-refractivity contribution in [2.24, 2.45) is 0 Å². The standard InChI is InChI=1S/C31H32N2O5.H2S/c1-38-27-14-8-6-12-25(27)28(34)32-22-16-19-33(20-17-22)29(35)24-15-18-31(30(36)37,21-9-3-2-4-10-21)26-13-7-5-11-23(24)26;/h2-14,22,24H,15-20H2,1H3,(H,32,34)(H,36,37);1H2/t24-,31+;/m0./s1. The number of para-hydroxylation sites is 1. The third kappa shape index (κ3) is 5.26. The second-order valence-electron chi connectivity index (χ2n) is 10.0. The second kappa shape index (κ2) is 11.9. The first-order chi connectivity index (χ1) is 18.5. The molecule has 0 bridgehead atoms. The Morgan fingerprint density at radius 2 is 1.54 bits per heavy atom. The molecule has 1 heterocycles. The molecule has 3 aromatic rings. The molecule has 0 radical (unpaired) electrons. The van der Waals surface area contributed by atoms with Crippen molar-refractivity contribution < 1.29 is 24.2 Å². The van der Waals surface area contributed by atoms with Crippen molar-refractivity contribution in [3.8, 4) is 5.75 Å². The van der Waals surface area contributed by atoms with Gasteiger partial charge in [-0.3, -0.25) is 14.4 Å². The van der Waals surface area contributed by atoms with Crippen LogP contribution in [0.1, 0.15) is 58.6 Å². The van der Waals surface area contributed by atoms with E-state index < -0.39 is 11.4 Å². The lowest BCUT2D eigenvalue weighted by atomic mass is 9.63. The van der Waals surface area contributed by atoms with E-state index >= 15 is 0 Å². The minimum absolute atomic E-state index is 0. The van der Waals surface area contributed by atoms with Crippen LogP contribution in [0.2, 0.25) is 0 Å². The first kappa shape index (κ1) is 28.2. The van der Waals surface area contributed by atoms with Gasteiger partial charge in [0.2, 0.25) is 5.91 Å². The molecule has 0 aromatic heterocycles. The zero-order chi connectivity index (χ0) is 26.7. The number of rotatable bonds is 6. The molecule has 39 heavy (non-hydrogen) atoms. The first-order valence-corrected chi connectivity index (χ1v) is 13.1. The van der Waals surface area contributed by atoms with Gasteiger partial charge in [-0.25, -0.2) is 0 Å². The summed E-state index contributed by atoms with van der Waals surface area (Å²) in [5.41, 5.74) is 1.54. The van der Waals surface area contributed by atoms with Crippen molar-refractivity contribution in [3.63, 3.8) is 0 Å². The van der Waals surface area contributed by atoms with E-state index in [1.54, 1.807) is 25.3 Å². The average Bonchev–Trinajstić information content (AvgIpc) is 2.97. The van der Waals surface area contributed by atoms with E-state index in [-0.39, 0.29) is 37.3 Å². The van der Waals surface area contributed by atoms with Crippen LogP contribution in [0.5, 0.6) is 5.75 Å². The number of piperidine rings is 1.